The van der Waals surface area contributed by atoms with Gasteiger partial charge in [0, 0.05) is 5.92 Å². The highest BCUT2D eigenvalue weighted by Gasteiger charge is 2.44. The Hall–Kier alpha value is -2.95. The van der Waals surface area contributed by atoms with E-state index in [4.69, 9.17) is 0 Å². The molecule has 1 saturated carbocycles. The summed E-state index contributed by atoms with van der Waals surface area (Å²) < 4.78 is 1.75. The van der Waals surface area contributed by atoms with Gasteiger partial charge in [-0.25, -0.2) is 4.98 Å². The lowest BCUT2D eigenvalue weighted by molar-refractivity contribution is -0.123. The van der Waals surface area contributed by atoms with E-state index in [0.29, 0.717) is 12.5 Å². The van der Waals surface area contributed by atoms with Gasteiger partial charge in [-0.15, -0.1) is 0 Å². The highest BCUT2D eigenvalue weighted by Crippen LogP contribution is 2.47. The number of carbonyl (C=O) groups is 1. The number of carbonyl (C=O) groups excluding carboxylic acids is 1. The van der Waals surface area contributed by atoms with E-state index in [2.05, 4.69) is 27.5 Å². The van der Waals surface area contributed by atoms with Crippen molar-refractivity contribution in [2.45, 2.75) is 24.9 Å². The molecule has 1 aliphatic rings. The maximum Gasteiger partial charge on any atom is 0.224 e. The number of hydrogen-bond donors (Lipinski definition) is 1. The summed E-state index contributed by atoms with van der Waals surface area (Å²) in [6.45, 7) is 0.568. The summed E-state index contributed by atoms with van der Waals surface area (Å²) in [5, 5.41) is 7.37. The second-order valence-corrected chi connectivity index (χ2v) is 6.45. The van der Waals surface area contributed by atoms with E-state index >= 15 is 0 Å². The molecule has 1 amide bonds. The minimum Gasteiger partial charge on any atom is -0.347 e. The molecule has 126 valence electrons. The second kappa shape index (κ2) is 6.89. The van der Waals surface area contributed by atoms with Gasteiger partial charge in [-0.05, 0) is 23.5 Å². The van der Waals surface area contributed by atoms with E-state index in [1.54, 1.807) is 11.0 Å². The highest BCUT2D eigenvalue weighted by atomic mass is 16.2. The monoisotopic (exact) mass is 332 g/mol. The van der Waals surface area contributed by atoms with Crippen molar-refractivity contribution in [1.29, 1.82) is 0 Å². The molecule has 0 unspecified atom stereocenters. The van der Waals surface area contributed by atoms with Crippen LogP contribution in [0.15, 0.2) is 73.3 Å². The zero-order chi connectivity index (χ0) is 17.1. The van der Waals surface area contributed by atoms with Crippen LogP contribution < -0.4 is 5.32 Å². The van der Waals surface area contributed by atoms with Crippen LogP contribution in [-0.2, 0) is 11.3 Å². The van der Waals surface area contributed by atoms with Gasteiger partial charge in [0.2, 0.25) is 5.91 Å². The van der Waals surface area contributed by atoms with Crippen LogP contribution in [0.25, 0.3) is 0 Å². The van der Waals surface area contributed by atoms with Crippen LogP contribution in [-0.4, -0.2) is 20.7 Å². The number of rotatable bonds is 6. The normalized spacial score (nSPS) is 20.0. The van der Waals surface area contributed by atoms with Gasteiger partial charge < -0.3 is 5.32 Å². The van der Waals surface area contributed by atoms with E-state index in [-0.39, 0.29) is 17.9 Å². The predicted octanol–water partition coefficient (Wildman–Crippen LogP) is 2.94. The van der Waals surface area contributed by atoms with Crippen molar-refractivity contribution in [2.75, 3.05) is 0 Å². The summed E-state index contributed by atoms with van der Waals surface area (Å²) in [6.07, 6.45) is 4.10. The molecule has 4 rings (SSSR count). The molecule has 1 heterocycles. The molecule has 5 nitrogen and oxygen atoms in total. The molecule has 0 bridgehead atoms. The van der Waals surface area contributed by atoms with Crippen LogP contribution in [0, 0.1) is 5.92 Å². The average Bonchev–Trinajstić information content (AvgIpc) is 3.31. The van der Waals surface area contributed by atoms with Crippen LogP contribution in [0.1, 0.15) is 29.5 Å². The lowest BCUT2D eigenvalue weighted by Crippen LogP contribution is -2.33. The summed E-state index contributed by atoms with van der Waals surface area (Å²) in [5.74, 6) is 0.510. The Morgan fingerprint density at radius 1 is 1.12 bits per heavy atom. The van der Waals surface area contributed by atoms with Crippen molar-refractivity contribution in [2.24, 2.45) is 5.92 Å². The molecule has 25 heavy (non-hydrogen) atoms. The Balaban J connectivity index is 1.46. The third-order valence-corrected chi connectivity index (χ3v) is 4.71. The van der Waals surface area contributed by atoms with E-state index in [1.165, 1.54) is 11.9 Å². The minimum atomic E-state index is -0.118. The molecule has 0 radical (unpaired) electrons. The fourth-order valence-corrected chi connectivity index (χ4v) is 3.27. The van der Waals surface area contributed by atoms with Gasteiger partial charge in [0.1, 0.15) is 12.7 Å². The first-order valence-electron chi connectivity index (χ1n) is 8.54. The van der Waals surface area contributed by atoms with E-state index in [9.17, 15) is 4.79 Å². The zero-order valence-corrected chi connectivity index (χ0v) is 13.8. The molecular weight excluding hydrogens is 312 g/mol. The molecule has 1 N–H and O–H groups in total. The van der Waals surface area contributed by atoms with Crippen LogP contribution >= 0.6 is 0 Å². The number of nitrogens with zero attached hydrogens (tertiary/aromatic N) is 3. The number of benzene rings is 2. The fourth-order valence-electron chi connectivity index (χ4n) is 3.27. The van der Waals surface area contributed by atoms with Gasteiger partial charge in [-0.2, -0.15) is 5.10 Å². The zero-order valence-electron chi connectivity index (χ0n) is 13.8. The smallest absolute Gasteiger partial charge is 0.224 e. The van der Waals surface area contributed by atoms with Crippen molar-refractivity contribution in [3.63, 3.8) is 0 Å². The molecule has 1 fully saturated rings. The van der Waals surface area contributed by atoms with E-state index < -0.39 is 0 Å². The lowest BCUT2D eigenvalue weighted by atomic mass is 10.1. The topological polar surface area (TPSA) is 59.8 Å². The standard InChI is InChI=1S/C20H20N4O/c25-20(18-11-17(18)15-7-3-1-4-8-15)23-19(12-24-14-21-13-22-24)16-9-5-2-6-10-16/h1-10,13-14,17-19H,11-12H2,(H,23,25)/t17-,18-,19+/m1/s1. The Kier molecular flexibility index (Phi) is 4.29. The second-order valence-electron chi connectivity index (χ2n) is 6.45. The predicted molar refractivity (Wildman–Crippen MR) is 94.6 cm³/mol. The number of nitrogens with one attached hydrogen (secondary N) is 1. The largest absolute Gasteiger partial charge is 0.347 e. The Morgan fingerprint density at radius 2 is 1.84 bits per heavy atom. The SMILES string of the molecule is O=C(N[C@@H](Cn1cncn1)c1ccccc1)[C@@H]1C[C@@H]1c1ccccc1. The number of aromatic nitrogens is 3. The van der Waals surface area contributed by atoms with Crippen molar-refractivity contribution < 1.29 is 4.79 Å². The molecule has 5 heteroatoms. The summed E-state index contributed by atoms with van der Waals surface area (Å²) >= 11 is 0. The van der Waals surface area contributed by atoms with Crippen LogP contribution in [0.2, 0.25) is 0 Å². The molecule has 2 aromatic carbocycles. The van der Waals surface area contributed by atoms with Gasteiger partial charge in [-0.1, -0.05) is 60.7 Å². The summed E-state index contributed by atoms with van der Waals surface area (Å²) in [6, 6.07) is 20.2. The van der Waals surface area contributed by atoms with Crippen molar-refractivity contribution >= 4 is 5.91 Å². The van der Waals surface area contributed by atoms with E-state index in [1.807, 2.05) is 48.5 Å². The Labute approximate surface area is 146 Å². The Bertz CT molecular complexity index is 817. The first-order valence-corrected chi connectivity index (χ1v) is 8.54. The third kappa shape index (κ3) is 3.60. The maximum absolute atomic E-state index is 12.7. The highest BCUT2D eigenvalue weighted by molar-refractivity contribution is 5.83. The molecular formula is C20H20N4O. The van der Waals surface area contributed by atoms with E-state index in [0.717, 1.165) is 12.0 Å². The molecule has 3 atom stereocenters. The molecule has 3 aromatic rings. The molecule has 1 aliphatic carbocycles. The lowest BCUT2D eigenvalue weighted by Gasteiger charge is -2.19. The molecule has 0 spiro atoms. The van der Waals surface area contributed by atoms with Gasteiger partial charge in [-0.3, -0.25) is 9.48 Å². The van der Waals surface area contributed by atoms with Crippen LogP contribution in [0.4, 0.5) is 0 Å². The summed E-state index contributed by atoms with van der Waals surface area (Å²) in [5.41, 5.74) is 2.32. The van der Waals surface area contributed by atoms with Gasteiger partial charge in [0.25, 0.3) is 0 Å². The molecule has 0 aliphatic heterocycles. The third-order valence-electron chi connectivity index (χ3n) is 4.71. The van der Waals surface area contributed by atoms with Gasteiger partial charge in [0.05, 0.1) is 12.6 Å². The Morgan fingerprint density at radius 3 is 2.52 bits per heavy atom. The van der Waals surface area contributed by atoms with Gasteiger partial charge in [0.15, 0.2) is 0 Å². The fraction of sp³-hybridized carbons (Fsp3) is 0.250. The molecule has 1 aromatic heterocycles. The summed E-state index contributed by atoms with van der Waals surface area (Å²) in [4.78, 5) is 16.7. The molecule has 0 saturated heterocycles. The average molecular weight is 332 g/mol. The summed E-state index contributed by atoms with van der Waals surface area (Å²) in [7, 11) is 0. The first kappa shape index (κ1) is 15.6. The van der Waals surface area contributed by atoms with Crippen molar-refractivity contribution in [3.8, 4) is 0 Å². The quantitative estimate of drug-likeness (QED) is 0.755. The minimum absolute atomic E-state index is 0.0596. The van der Waals surface area contributed by atoms with Crippen LogP contribution in [0.3, 0.4) is 0 Å². The van der Waals surface area contributed by atoms with Crippen LogP contribution in [0.5, 0.6) is 0 Å². The number of hydrogen-bond acceptors (Lipinski definition) is 3. The number of amides is 1. The maximum atomic E-state index is 12.7. The van der Waals surface area contributed by atoms with Crippen molar-refractivity contribution in [1.82, 2.24) is 20.1 Å². The first-order chi connectivity index (χ1) is 12.3. The van der Waals surface area contributed by atoms with Crippen molar-refractivity contribution in [3.05, 3.63) is 84.4 Å². The van der Waals surface area contributed by atoms with Gasteiger partial charge >= 0.3 is 0 Å².